The topological polar surface area (TPSA) is 69.6 Å². The molecule has 2 N–H and O–H groups in total. The summed E-state index contributed by atoms with van der Waals surface area (Å²) in [7, 11) is 0. The monoisotopic (exact) mass is 274 g/mol. The largest absolute Gasteiger partial charge is 0.478 e. The molecule has 0 radical (unpaired) electrons. The van der Waals surface area contributed by atoms with Crippen LogP contribution in [-0.4, -0.2) is 29.2 Å². The van der Waals surface area contributed by atoms with Crippen molar-refractivity contribution < 1.29 is 19.1 Å². The van der Waals surface area contributed by atoms with E-state index in [1.54, 1.807) is 6.08 Å². The Kier molecular flexibility index (Phi) is 2.78. The predicted molar refractivity (Wildman–Crippen MR) is 69.8 cm³/mol. The van der Waals surface area contributed by atoms with E-state index in [1.807, 2.05) is 0 Å². The van der Waals surface area contributed by atoms with Gasteiger partial charge in [0.15, 0.2) is 0 Å². The van der Waals surface area contributed by atoms with Crippen molar-refractivity contribution in [2.45, 2.75) is 12.1 Å². The van der Waals surface area contributed by atoms with E-state index in [0.717, 1.165) is 0 Å². The average molecular weight is 274 g/mol. The molecule has 1 aliphatic carbocycles. The molecule has 5 nitrogen and oxygen atoms in total. The van der Waals surface area contributed by atoms with Crippen LogP contribution in [0.5, 0.6) is 0 Å². The molecule has 0 saturated carbocycles. The SMILES string of the molecule is O=C(O)C1=CC2NC(=O)N(c3ccc(F)cc3)C2C=C1. The van der Waals surface area contributed by atoms with Gasteiger partial charge in [0.1, 0.15) is 5.82 Å². The first-order chi connectivity index (χ1) is 9.56. The number of hydrogen-bond acceptors (Lipinski definition) is 2. The Balaban J connectivity index is 1.92. The van der Waals surface area contributed by atoms with Gasteiger partial charge in [0.2, 0.25) is 0 Å². The summed E-state index contributed by atoms with van der Waals surface area (Å²) in [4.78, 5) is 24.4. The number of benzene rings is 1. The summed E-state index contributed by atoms with van der Waals surface area (Å²) in [6.45, 7) is 0. The third-order valence-electron chi connectivity index (χ3n) is 3.36. The summed E-state index contributed by atoms with van der Waals surface area (Å²) < 4.78 is 12.9. The Morgan fingerprint density at radius 1 is 1.30 bits per heavy atom. The second-order valence-electron chi connectivity index (χ2n) is 4.60. The van der Waals surface area contributed by atoms with Gasteiger partial charge >= 0.3 is 12.0 Å². The Hall–Kier alpha value is -2.63. The molecule has 102 valence electrons. The van der Waals surface area contributed by atoms with Crippen LogP contribution in [0.25, 0.3) is 0 Å². The Morgan fingerprint density at radius 3 is 2.65 bits per heavy atom. The third-order valence-corrected chi connectivity index (χ3v) is 3.36. The lowest BCUT2D eigenvalue weighted by Gasteiger charge is -2.24. The first-order valence-corrected chi connectivity index (χ1v) is 6.05. The normalized spacial score (nSPS) is 24.1. The van der Waals surface area contributed by atoms with Gasteiger partial charge in [-0.1, -0.05) is 6.08 Å². The number of carboxylic acid groups (broad SMARTS) is 1. The van der Waals surface area contributed by atoms with Crippen LogP contribution in [0.2, 0.25) is 0 Å². The van der Waals surface area contributed by atoms with E-state index >= 15 is 0 Å². The predicted octanol–water partition coefficient (Wildman–Crippen LogP) is 1.67. The summed E-state index contributed by atoms with van der Waals surface area (Å²) in [6, 6.07) is 4.55. The number of amides is 2. The number of halogens is 1. The summed E-state index contributed by atoms with van der Waals surface area (Å²) in [6.07, 6.45) is 4.64. The third kappa shape index (κ3) is 1.95. The zero-order chi connectivity index (χ0) is 14.3. The summed E-state index contributed by atoms with van der Waals surface area (Å²) in [5, 5.41) is 11.7. The first kappa shape index (κ1) is 12.4. The highest BCUT2D eigenvalue weighted by atomic mass is 19.1. The fourth-order valence-electron chi connectivity index (χ4n) is 2.42. The molecule has 0 aromatic heterocycles. The zero-order valence-electron chi connectivity index (χ0n) is 10.3. The molecule has 1 fully saturated rings. The Bertz CT molecular complexity index is 636. The maximum atomic E-state index is 12.9. The van der Waals surface area contributed by atoms with Gasteiger partial charge in [-0.05, 0) is 36.4 Å². The fraction of sp³-hybridized carbons (Fsp3) is 0.143. The van der Waals surface area contributed by atoms with Crippen LogP contribution >= 0.6 is 0 Å². The minimum Gasteiger partial charge on any atom is -0.478 e. The molecule has 2 unspecified atom stereocenters. The molecule has 2 amide bonds. The smallest absolute Gasteiger partial charge is 0.335 e. The number of nitrogens with one attached hydrogen (secondary N) is 1. The van der Waals surface area contributed by atoms with Gasteiger partial charge < -0.3 is 10.4 Å². The highest BCUT2D eigenvalue weighted by molar-refractivity contribution is 5.98. The maximum absolute atomic E-state index is 12.9. The van der Waals surface area contributed by atoms with Crippen LogP contribution < -0.4 is 10.2 Å². The lowest BCUT2D eigenvalue weighted by molar-refractivity contribution is -0.132. The second kappa shape index (κ2) is 4.48. The molecule has 1 saturated heterocycles. The minimum atomic E-state index is -1.03. The number of nitrogens with zero attached hydrogens (tertiary/aromatic N) is 1. The van der Waals surface area contributed by atoms with E-state index in [1.165, 1.54) is 41.3 Å². The quantitative estimate of drug-likeness (QED) is 0.862. The molecule has 2 aliphatic rings. The summed E-state index contributed by atoms with van der Waals surface area (Å²) in [5.74, 6) is -1.41. The van der Waals surface area contributed by atoms with Crippen molar-refractivity contribution in [2.24, 2.45) is 0 Å². The van der Waals surface area contributed by atoms with Crippen LogP contribution in [0.4, 0.5) is 14.9 Å². The number of carboxylic acids is 1. The Labute approximate surface area is 114 Å². The fourth-order valence-corrected chi connectivity index (χ4v) is 2.42. The number of carbonyl (C=O) groups is 2. The van der Waals surface area contributed by atoms with Gasteiger partial charge in [0, 0.05) is 5.69 Å². The van der Waals surface area contributed by atoms with Gasteiger partial charge in [-0.3, -0.25) is 4.90 Å². The molecule has 1 aliphatic heterocycles. The van der Waals surface area contributed by atoms with E-state index in [0.29, 0.717) is 5.69 Å². The molecule has 2 atom stereocenters. The number of aliphatic carboxylic acids is 1. The molecule has 20 heavy (non-hydrogen) atoms. The number of rotatable bonds is 2. The first-order valence-electron chi connectivity index (χ1n) is 6.05. The van der Waals surface area contributed by atoms with E-state index in [2.05, 4.69) is 5.32 Å². The van der Waals surface area contributed by atoms with Crippen molar-refractivity contribution in [1.29, 1.82) is 0 Å². The van der Waals surface area contributed by atoms with Crippen LogP contribution in [0.1, 0.15) is 0 Å². The lowest BCUT2D eigenvalue weighted by Crippen LogP contribution is -2.36. The average Bonchev–Trinajstić information content (AvgIpc) is 2.74. The molecule has 0 spiro atoms. The highest BCUT2D eigenvalue weighted by Gasteiger charge is 2.39. The lowest BCUT2D eigenvalue weighted by atomic mass is 9.98. The highest BCUT2D eigenvalue weighted by Crippen LogP contribution is 2.28. The van der Waals surface area contributed by atoms with Gasteiger partial charge in [-0.15, -0.1) is 0 Å². The van der Waals surface area contributed by atoms with Crippen LogP contribution in [-0.2, 0) is 4.79 Å². The van der Waals surface area contributed by atoms with E-state index in [-0.39, 0.29) is 23.5 Å². The number of urea groups is 1. The van der Waals surface area contributed by atoms with Gasteiger partial charge in [0.25, 0.3) is 0 Å². The number of anilines is 1. The minimum absolute atomic E-state index is 0.146. The molecule has 6 heteroatoms. The van der Waals surface area contributed by atoms with E-state index < -0.39 is 12.0 Å². The van der Waals surface area contributed by atoms with E-state index in [9.17, 15) is 14.0 Å². The van der Waals surface area contributed by atoms with Crippen molar-refractivity contribution in [1.82, 2.24) is 5.32 Å². The molecular formula is C14H11FN2O3. The molecule has 1 aromatic carbocycles. The van der Waals surface area contributed by atoms with Crippen LogP contribution in [0.3, 0.4) is 0 Å². The molecule has 3 rings (SSSR count). The molecule has 1 aromatic rings. The molecule has 1 heterocycles. The molecule has 0 bridgehead atoms. The summed E-state index contributed by atoms with van der Waals surface area (Å²) in [5.41, 5.74) is 0.709. The summed E-state index contributed by atoms with van der Waals surface area (Å²) >= 11 is 0. The molecular weight excluding hydrogens is 263 g/mol. The second-order valence-corrected chi connectivity index (χ2v) is 4.60. The van der Waals surface area contributed by atoms with Crippen molar-refractivity contribution in [2.75, 3.05) is 4.90 Å². The van der Waals surface area contributed by atoms with Crippen molar-refractivity contribution in [3.8, 4) is 0 Å². The van der Waals surface area contributed by atoms with Gasteiger partial charge in [-0.2, -0.15) is 0 Å². The van der Waals surface area contributed by atoms with Crippen molar-refractivity contribution >= 4 is 17.7 Å². The van der Waals surface area contributed by atoms with Gasteiger partial charge in [0.05, 0.1) is 17.7 Å². The van der Waals surface area contributed by atoms with Crippen LogP contribution in [0.15, 0.2) is 48.1 Å². The zero-order valence-corrected chi connectivity index (χ0v) is 10.3. The number of hydrogen-bond donors (Lipinski definition) is 2. The van der Waals surface area contributed by atoms with Crippen LogP contribution in [0, 0.1) is 5.82 Å². The van der Waals surface area contributed by atoms with Crippen molar-refractivity contribution in [3.05, 3.63) is 53.9 Å². The van der Waals surface area contributed by atoms with Crippen molar-refractivity contribution in [3.63, 3.8) is 0 Å². The number of fused-ring (bicyclic) bond motifs is 1. The Morgan fingerprint density at radius 2 is 2.00 bits per heavy atom. The maximum Gasteiger partial charge on any atom is 0.335 e. The van der Waals surface area contributed by atoms with Gasteiger partial charge in [-0.25, -0.2) is 14.0 Å². The number of carbonyl (C=O) groups excluding carboxylic acids is 1. The van der Waals surface area contributed by atoms with E-state index in [4.69, 9.17) is 5.11 Å². The standard InChI is InChI=1S/C14H11FN2O3/c15-9-2-4-10(5-3-9)17-12-6-1-8(13(18)19)7-11(12)16-14(17)20/h1-7,11-12H,(H,16,20)(H,18,19).